The van der Waals surface area contributed by atoms with Crippen molar-refractivity contribution in [2.24, 2.45) is 0 Å². The van der Waals surface area contributed by atoms with Gasteiger partial charge in [0, 0.05) is 18.1 Å². The van der Waals surface area contributed by atoms with Gasteiger partial charge in [0.05, 0.1) is 6.42 Å². The molecule has 6 heteroatoms. The summed E-state index contributed by atoms with van der Waals surface area (Å²) in [7, 11) is 0. The van der Waals surface area contributed by atoms with E-state index < -0.39 is 0 Å². The minimum atomic E-state index is 0.394. The highest BCUT2D eigenvalue weighted by Gasteiger charge is 2.10. The summed E-state index contributed by atoms with van der Waals surface area (Å²) in [6.45, 7) is 0. The summed E-state index contributed by atoms with van der Waals surface area (Å²) in [5.74, 6) is 1.37. The molecule has 0 saturated carbocycles. The van der Waals surface area contributed by atoms with Gasteiger partial charge in [0.1, 0.15) is 0 Å². The maximum Gasteiger partial charge on any atom is 0.240 e. The van der Waals surface area contributed by atoms with Crippen LogP contribution < -0.4 is 5.73 Å². The molecule has 2 heterocycles. The van der Waals surface area contributed by atoms with E-state index in [9.17, 15) is 0 Å². The van der Waals surface area contributed by atoms with Crippen molar-refractivity contribution in [1.82, 2.24) is 20.1 Å². The summed E-state index contributed by atoms with van der Waals surface area (Å²) in [6.07, 6.45) is 3.83. The summed E-state index contributed by atoms with van der Waals surface area (Å²) < 4.78 is 5.18. The van der Waals surface area contributed by atoms with E-state index >= 15 is 0 Å². The van der Waals surface area contributed by atoms with Crippen LogP contribution in [0.1, 0.15) is 11.5 Å². The molecule has 0 aliphatic heterocycles. The molecule has 0 fully saturated rings. The Balaban J connectivity index is 1.80. The lowest BCUT2D eigenvalue weighted by molar-refractivity contribution is 0.385. The van der Waals surface area contributed by atoms with Crippen LogP contribution in [0.3, 0.4) is 0 Å². The molecule has 6 nitrogen and oxygen atoms in total. The smallest absolute Gasteiger partial charge is 0.240 e. The SMILES string of the molecule is Nc1ccc(Cc2nc(-c3ncccn3)no2)cc1. The number of aromatic nitrogens is 4. The molecule has 0 saturated heterocycles. The Kier molecular flexibility index (Phi) is 2.89. The molecule has 0 aliphatic carbocycles. The first-order chi connectivity index (χ1) is 9.31. The molecule has 19 heavy (non-hydrogen) atoms. The zero-order valence-corrected chi connectivity index (χ0v) is 10.0. The van der Waals surface area contributed by atoms with Crippen LogP contribution in [0.2, 0.25) is 0 Å². The molecule has 0 radical (unpaired) electrons. The summed E-state index contributed by atoms with van der Waals surface area (Å²) in [6, 6.07) is 9.27. The predicted octanol–water partition coefficient (Wildman–Crippen LogP) is 1.70. The highest BCUT2D eigenvalue weighted by molar-refractivity contribution is 5.42. The molecule has 1 aromatic carbocycles. The summed E-state index contributed by atoms with van der Waals surface area (Å²) in [4.78, 5) is 12.4. The first-order valence-electron chi connectivity index (χ1n) is 5.75. The van der Waals surface area contributed by atoms with Crippen molar-refractivity contribution in [3.05, 3.63) is 54.2 Å². The lowest BCUT2D eigenvalue weighted by Gasteiger charge is -1.96. The third-order valence-corrected chi connectivity index (χ3v) is 2.57. The Bertz CT molecular complexity index is 663. The first kappa shape index (κ1) is 11.3. The lowest BCUT2D eigenvalue weighted by atomic mass is 10.1. The monoisotopic (exact) mass is 253 g/mol. The number of rotatable bonds is 3. The normalized spacial score (nSPS) is 10.5. The highest BCUT2D eigenvalue weighted by Crippen LogP contribution is 2.13. The van der Waals surface area contributed by atoms with Crippen LogP contribution in [-0.2, 0) is 6.42 Å². The van der Waals surface area contributed by atoms with E-state index in [1.807, 2.05) is 24.3 Å². The molecular weight excluding hydrogens is 242 g/mol. The van der Waals surface area contributed by atoms with Crippen molar-refractivity contribution < 1.29 is 4.52 Å². The Hall–Kier alpha value is -2.76. The number of nitrogens with zero attached hydrogens (tertiary/aromatic N) is 4. The second-order valence-corrected chi connectivity index (χ2v) is 4.00. The summed E-state index contributed by atoms with van der Waals surface area (Å²) >= 11 is 0. The zero-order valence-electron chi connectivity index (χ0n) is 10.0. The van der Waals surface area contributed by atoms with E-state index in [4.69, 9.17) is 10.3 Å². The topological polar surface area (TPSA) is 90.7 Å². The van der Waals surface area contributed by atoms with Gasteiger partial charge in [-0.2, -0.15) is 4.98 Å². The number of nitrogens with two attached hydrogens (primary N) is 1. The quantitative estimate of drug-likeness (QED) is 0.714. The summed E-state index contributed by atoms with van der Waals surface area (Å²) in [5, 5.41) is 3.86. The van der Waals surface area contributed by atoms with Crippen LogP contribution in [0.5, 0.6) is 0 Å². The zero-order chi connectivity index (χ0) is 13.1. The molecule has 0 bridgehead atoms. The highest BCUT2D eigenvalue weighted by atomic mass is 16.5. The Morgan fingerprint density at radius 2 is 1.74 bits per heavy atom. The number of hydrogen-bond donors (Lipinski definition) is 1. The molecule has 2 aromatic heterocycles. The van der Waals surface area contributed by atoms with E-state index in [0.717, 1.165) is 11.3 Å². The second kappa shape index (κ2) is 4.85. The van der Waals surface area contributed by atoms with Gasteiger partial charge in [-0.25, -0.2) is 9.97 Å². The number of nitrogen functional groups attached to an aromatic ring is 1. The molecule has 94 valence electrons. The largest absolute Gasteiger partial charge is 0.399 e. The number of hydrogen-bond acceptors (Lipinski definition) is 6. The first-order valence-corrected chi connectivity index (χ1v) is 5.75. The molecule has 0 aliphatic rings. The number of anilines is 1. The van der Waals surface area contributed by atoms with Crippen LogP contribution in [0.4, 0.5) is 5.69 Å². The van der Waals surface area contributed by atoms with Crippen molar-refractivity contribution in [3.63, 3.8) is 0 Å². The van der Waals surface area contributed by atoms with Crippen LogP contribution >= 0.6 is 0 Å². The van der Waals surface area contributed by atoms with Gasteiger partial charge in [0.25, 0.3) is 0 Å². The maximum absolute atomic E-state index is 5.63. The molecule has 3 rings (SSSR count). The minimum absolute atomic E-state index is 0.394. The van der Waals surface area contributed by atoms with Gasteiger partial charge in [0.2, 0.25) is 17.5 Å². The average molecular weight is 253 g/mol. The maximum atomic E-state index is 5.63. The van der Waals surface area contributed by atoms with Gasteiger partial charge in [-0.15, -0.1) is 0 Å². The molecular formula is C13H11N5O. The van der Waals surface area contributed by atoms with E-state index in [2.05, 4.69) is 20.1 Å². The van der Waals surface area contributed by atoms with Crippen LogP contribution in [0, 0.1) is 0 Å². The van der Waals surface area contributed by atoms with Gasteiger partial charge in [0.15, 0.2) is 0 Å². The number of benzene rings is 1. The molecule has 2 N–H and O–H groups in total. The van der Waals surface area contributed by atoms with Gasteiger partial charge < -0.3 is 10.3 Å². The van der Waals surface area contributed by atoms with E-state index in [1.54, 1.807) is 18.5 Å². The van der Waals surface area contributed by atoms with Gasteiger partial charge in [-0.05, 0) is 23.8 Å². The van der Waals surface area contributed by atoms with Crippen molar-refractivity contribution in [2.45, 2.75) is 6.42 Å². The van der Waals surface area contributed by atoms with Crippen molar-refractivity contribution in [3.8, 4) is 11.6 Å². The predicted molar refractivity (Wildman–Crippen MR) is 69.0 cm³/mol. The molecule has 0 spiro atoms. The minimum Gasteiger partial charge on any atom is -0.399 e. The van der Waals surface area contributed by atoms with E-state index in [0.29, 0.717) is 24.0 Å². The fourth-order valence-electron chi connectivity index (χ4n) is 1.64. The molecule has 0 amide bonds. The second-order valence-electron chi connectivity index (χ2n) is 4.00. The fourth-order valence-corrected chi connectivity index (χ4v) is 1.64. The van der Waals surface area contributed by atoms with Crippen molar-refractivity contribution in [2.75, 3.05) is 5.73 Å². The Morgan fingerprint density at radius 3 is 2.47 bits per heavy atom. The standard InChI is InChI=1S/C13H11N5O/c14-10-4-2-9(3-5-10)8-11-17-13(18-19-11)12-15-6-1-7-16-12/h1-7H,8,14H2. The van der Waals surface area contributed by atoms with Crippen LogP contribution in [-0.4, -0.2) is 20.1 Å². The Labute approximate surface area is 109 Å². The van der Waals surface area contributed by atoms with Crippen molar-refractivity contribution in [1.29, 1.82) is 0 Å². The van der Waals surface area contributed by atoms with Gasteiger partial charge in [-0.1, -0.05) is 17.3 Å². The van der Waals surface area contributed by atoms with E-state index in [1.165, 1.54) is 0 Å². The molecule has 0 atom stereocenters. The van der Waals surface area contributed by atoms with Gasteiger partial charge in [-0.3, -0.25) is 0 Å². The Morgan fingerprint density at radius 1 is 1.00 bits per heavy atom. The third-order valence-electron chi connectivity index (χ3n) is 2.57. The molecule has 0 unspecified atom stereocenters. The van der Waals surface area contributed by atoms with Crippen molar-refractivity contribution >= 4 is 5.69 Å². The van der Waals surface area contributed by atoms with E-state index in [-0.39, 0.29) is 0 Å². The summed E-state index contributed by atoms with van der Waals surface area (Å²) in [5.41, 5.74) is 7.42. The fraction of sp³-hybridized carbons (Fsp3) is 0.0769. The third kappa shape index (κ3) is 2.57. The lowest BCUT2D eigenvalue weighted by Crippen LogP contribution is -1.91. The van der Waals surface area contributed by atoms with Gasteiger partial charge >= 0.3 is 0 Å². The molecule has 3 aromatic rings. The average Bonchev–Trinajstić information content (AvgIpc) is 2.91. The van der Waals surface area contributed by atoms with Crippen LogP contribution in [0.15, 0.2) is 47.2 Å². The van der Waals surface area contributed by atoms with Crippen LogP contribution in [0.25, 0.3) is 11.6 Å².